The van der Waals surface area contributed by atoms with Crippen LogP contribution in [0.25, 0.3) is 33.4 Å². The molecule has 0 spiro atoms. The molecule has 144 valence electrons. The first kappa shape index (κ1) is 19.9. The highest BCUT2D eigenvalue weighted by molar-refractivity contribution is 9.10. The molecule has 0 aromatic heterocycles. The van der Waals surface area contributed by atoms with Gasteiger partial charge in [-0.05, 0) is 64.6 Å². The van der Waals surface area contributed by atoms with Crippen molar-refractivity contribution in [3.05, 3.63) is 99.4 Å². The second-order valence-corrected chi connectivity index (χ2v) is 8.70. The van der Waals surface area contributed by atoms with Crippen LogP contribution in [0.4, 0.5) is 0 Å². The van der Waals surface area contributed by atoms with E-state index in [2.05, 4.69) is 99.4 Å². The molecular weight excluding hydrogens is 488 g/mol. The van der Waals surface area contributed by atoms with Crippen LogP contribution in [-0.2, 0) is 0 Å². The van der Waals surface area contributed by atoms with Crippen molar-refractivity contribution in [2.24, 2.45) is 0 Å². The van der Waals surface area contributed by atoms with E-state index in [1.807, 2.05) is 24.3 Å². The standard InChI is InChI=1S/C26H20Br2O/c1-17-14-20(11-12-22(17)24-8-3-4-9-26(24)29-2)23-13-10-19(16-25(23)28)18-6-5-7-21(27)15-18/h3-16H,1-2H3. The number of para-hydroxylation sites is 1. The lowest BCUT2D eigenvalue weighted by atomic mass is 9.94. The SMILES string of the molecule is COc1ccccc1-c1ccc(-c2ccc(-c3cccc(Br)c3)cc2Br)cc1C. The zero-order valence-corrected chi connectivity index (χ0v) is 19.4. The van der Waals surface area contributed by atoms with E-state index in [1.54, 1.807) is 7.11 Å². The number of rotatable bonds is 4. The van der Waals surface area contributed by atoms with Crippen LogP contribution in [0.15, 0.2) is 93.9 Å². The summed E-state index contributed by atoms with van der Waals surface area (Å²) >= 11 is 7.33. The summed E-state index contributed by atoms with van der Waals surface area (Å²) in [5.74, 6) is 0.892. The van der Waals surface area contributed by atoms with Crippen LogP contribution >= 0.6 is 31.9 Å². The average molecular weight is 508 g/mol. The molecule has 0 amide bonds. The summed E-state index contributed by atoms with van der Waals surface area (Å²) in [6.07, 6.45) is 0. The van der Waals surface area contributed by atoms with E-state index in [0.717, 1.165) is 20.3 Å². The number of benzene rings is 4. The molecule has 29 heavy (non-hydrogen) atoms. The van der Waals surface area contributed by atoms with Crippen LogP contribution in [0.2, 0.25) is 0 Å². The molecule has 0 aliphatic rings. The van der Waals surface area contributed by atoms with E-state index < -0.39 is 0 Å². The average Bonchev–Trinajstić information content (AvgIpc) is 2.73. The van der Waals surface area contributed by atoms with Gasteiger partial charge in [0.2, 0.25) is 0 Å². The minimum absolute atomic E-state index is 0.892. The molecule has 4 rings (SSSR count). The third kappa shape index (κ3) is 4.17. The lowest BCUT2D eigenvalue weighted by Gasteiger charge is -2.14. The van der Waals surface area contributed by atoms with Crippen molar-refractivity contribution in [2.45, 2.75) is 6.92 Å². The molecule has 3 heteroatoms. The molecule has 0 atom stereocenters. The largest absolute Gasteiger partial charge is 0.496 e. The van der Waals surface area contributed by atoms with Crippen molar-refractivity contribution in [3.8, 4) is 39.1 Å². The number of hydrogen-bond acceptors (Lipinski definition) is 1. The minimum Gasteiger partial charge on any atom is -0.496 e. The van der Waals surface area contributed by atoms with Crippen LogP contribution in [0.3, 0.4) is 0 Å². The van der Waals surface area contributed by atoms with Gasteiger partial charge in [0.15, 0.2) is 0 Å². The zero-order chi connectivity index (χ0) is 20.4. The maximum Gasteiger partial charge on any atom is 0.126 e. The summed E-state index contributed by atoms with van der Waals surface area (Å²) in [6, 6.07) is 29.6. The normalized spacial score (nSPS) is 10.8. The molecule has 0 unspecified atom stereocenters. The maximum absolute atomic E-state index is 5.54. The smallest absolute Gasteiger partial charge is 0.126 e. The molecule has 0 fully saturated rings. The van der Waals surface area contributed by atoms with Crippen LogP contribution in [0, 0.1) is 6.92 Å². The maximum atomic E-state index is 5.54. The van der Waals surface area contributed by atoms with Gasteiger partial charge in [-0.15, -0.1) is 0 Å². The molecule has 0 heterocycles. The molecule has 0 aliphatic heterocycles. The third-order valence-electron chi connectivity index (χ3n) is 5.06. The third-order valence-corrected chi connectivity index (χ3v) is 6.21. The number of halogens is 2. The summed E-state index contributed by atoms with van der Waals surface area (Å²) < 4.78 is 7.71. The van der Waals surface area contributed by atoms with Gasteiger partial charge in [0.05, 0.1) is 7.11 Å². The Morgan fingerprint density at radius 1 is 0.621 bits per heavy atom. The summed E-state index contributed by atoms with van der Waals surface area (Å²) in [5.41, 5.74) is 8.26. The molecule has 0 bridgehead atoms. The van der Waals surface area contributed by atoms with Crippen molar-refractivity contribution in [2.75, 3.05) is 7.11 Å². The van der Waals surface area contributed by atoms with Gasteiger partial charge in [-0.2, -0.15) is 0 Å². The predicted octanol–water partition coefficient (Wildman–Crippen LogP) is 8.53. The molecule has 4 aromatic rings. The quantitative estimate of drug-likeness (QED) is 0.269. The Hall–Kier alpha value is -2.36. The number of aryl methyl sites for hydroxylation is 1. The second-order valence-electron chi connectivity index (χ2n) is 6.93. The van der Waals surface area contributed by atoms with Gasteiger partial charge in [0.1, 0.15) is 5.75 Å². The Morgan fingerprint density at radius 3 is 2.07 bits per heavy atom. The van der Waals surface area contributed by atoms with Crippen LogP contribution in [0.1, 0.15) is 5.56 Å². The predicted molar refractivity (Wildman–Crippen MR) is 129 cm³/mol. The van der Waals surface area contributed by atoms with Gasteiger partial charge in [-0.25, -0.2) is 0 Å². The number of ether oxygens (including phenoxy) is 1. The van der Waals surface area contributed by atoms with Gasteiger partial charge in [-0.1, -0.05) is 92.5 Å². The minimum atomic E-state index is 0.892. The van der Waals surface area contributed by atoms with Gasteiger partial charge < -0.3 is 4.74 Å². The summed E-state index contributed by atoms with van der Waals surface area (Å²) in [7, 11) is 1.71. The molecule has 0 saturated heterocycles. The van der Waals surface area contributed by atoms with Crippen molar-refractivity contribution in [3.63, 3.8) is 0 Å². The van der Waals surface area contributed by atoms with E-state index in [9.17, 15) is 0 Å². The lowest BCUT2D eigenvalue weighted by Crippen LogP contribution is -1.91. The van der Waals surface area contributed by atoms with E-state index in [1.165, 1.54) is 33.4 Å². The van der Waals surface area contributed by atoms with Gasteiger partial charge >= 0.3 is 0 Å². The van der Waals surface area contributed by atoms with E-state index in [-0.39, 0.29) is 0 Å². The topological polar surface area (TPSA) is 9.23 Å². The van der Waals surface area contributed by atoms with E-state index in [0.29, 0.717) is 0 Å². The molecule has 1 nitrogen and oxygen atoms in total. The highest BCUT2D eigenvalue weighted by Crippen LogP contribution is 2.37. The highest BCUT2D eigenvalue weighted by atomic mass is 79.9. The first-order valence-electron chi connectivity index (χ1n) is 9.37. The molecule has 0 radical (unpaired) electrons. The first-order chi connectivity index (χ1) is 14.1. The van der Waals surface area contributed by atoms with Crippen molar-refractivity contribution in [1.29, 1.82) is 0 Å². The zero-order valence-electron chi connectivity index (χ0n) is 16.2. The fraction of sp³-hybridized carbons (Fsp3) is 0.0769. The Bertz CT molecular complexity index is 1180. The monoisotopic (exact) mass is 506 g/mol. The van der Waals surface area contributed by atoms with E-state index in [4.69, 9.17) is 4.74 Å². The first-order valence-corrected chi connectivity index (χ1v) is 11.0. The Morgan fingerprint density at radius 2 is 1.34 bits per heavy atom. The van der Waals surface area contributed by atoms with Gasteiger partial charge in [-0.3, -0.25) is 0 Å². The highest BCUT2D eigenvalue weighted by Gasteiger charge is 2.11. The molecule has 0 saturated carbocycles. The summed E-state index contributed by atoms with van der Waals surface area (Å²) in [6.45, 7) is 2.15. The summed E-state index contributed by atoms with van der Waals surface area (Å²) in [5, 5.41) is 0. The fourth-order valence-corrected chi connectivity index (χ4v) is 4.60. The number of methoxy groups -OCH3 is 1. The Kier molecular flexibility index (Phi) is 5.89. The fourth-order valence-electron chi connectivity index (χ4n) is 3.60. The van der Waals surface area contributed by atoms with Crippen molar-refractivity contribution < 1.29 is 4.74 Å². The number of hydrogen-bond donors (Lipinski definition) is 0. The summed E-state index contributed by atoms with van der Waals surface area (Å²) in [4.78, 5) is 0. The lowest BCUT2D eigenvalue weighted by molar-refractivity contribution is 0.416. The van der Waals surface area contributed by atoms with Gasteiger partial charge in [0.25, 0.3) is 0 Å². The van der Waals surface area contributed by atoms with Crippen molar-refractivity contribution >= 4 is 31.9 Å². The van der Waals surface area contributed by atoms with Crippen molar-refractivity contribution in [1.82, 2.24) is 0 Å². The van der Waals surface area contributed by atoms with Gasteiger partial charge in [0, 0.05) is 14.5 Å². The Labute approximate surface area is 188 Å². The van der Waals surface area contributed by atoms with Crippen LogP contribution < -0.4 is 4.74 Å². The van der Waals surface area contributed by atoms with Crippen LogP contribution in [0.5, 0.6) is 5.75 Å². The molecule has 0 aliphatic carbocycles. The second kappa shape index (κ2) is 8.56. The molecule has 0 N–H and O–H groups in total. The molecule has 4 aromatic carbocycles. The Balaban J connectivity index is 1.71. The molecular formula is C26H20Br2O. The van der Waals surface area contributed by atoms with Crippen LogP contribution in [-0.4, -0.2) is 7.11 Å². The van der Waals surface area contributed by atoms with E-state index >= 15 is 0 Å².